The number of nitro benzene ring substituents is 1. The summed E-state index contributed by atoms with van der Waals surface area (Å²) in [4.78, 5) is 9.57. The molecule has 0 amide bonds. The van der Waals surface area contributed by atoms with E-state index in [1.54, 1.807) is 13.2 Å². The van der Waals surface area contributed by atoms with Gasteiger partial charge >= 0.3 is 6.18 Å². The minimum atomic E-state index is -4.80. The minimum Gasteiger partial charge on any atom is -0.383 e. The summed E-state index contributed by atoms with van der Waals surface area (Å²) in [7, 11) is -0.982. The number of rotatable bonds is 6. The van der Waals surface area contributed by atoms with Gasteiger partial charge in [-0.15, -0.1) is 0 Å². The standard InChI is InChI=1S/C12H15F3N2O3S/c1-8(5-6-21(2)20)16-9-3-4-11(17(18)19)10(7-9)12(13,14)15/h3-4,7-8,16H,5-6H2,1-2H3. The first-order valence-corrected chi connectivity index (χ1v) is 7.76. The van der Waals surface area contributed by atoms with Crippen molar-refractivity contribution >= 4 is 22.2 Å². The van der Waals surface area contributed by atoms with E-state index in [1.807, 2.05) is 0 Å². The smallest absolute Gasteiger partial charge is 0.383 e. The zero-order chi connectivity index (χ0) is 16.2. The molecule has 1 aromatic rings. The lowest BCUT2D eigenvalue weighted by Crippen LogP contribution is -2.18. The number of hydrogen-bond donors (Lipinski definition) is 1. The molecule has 0 heterocycles. The number of alkyl halides is 3. The van der Waals surface area contributed by atoms with Gasteiger partial charge < -0.3 is 5.32 Å². The Hall–Kier alpha value is -1.64. The molecule has 9 heteroatoms. The van der Waals surface area contributed by atoms with Gasteiger partial charge in [0, 0.05) is 40.6 Å². The molecule has 0 aliphatic carbocycles. The van der Waals surface area contributed by atoms with E-state index in [0.29, 0.717) is 12.2 Å². The Morgan fingerprint density at radius 3 is 2.52 bits per heavy atom. The van der Waals surface area contributed by atoms with Crippen molar-refractivity contribution in [1.82, 2.24) is 0 Å². The highest BCUT2D eigenvalue weighted by Crippen LogP contribution is 2.37. The molecule has 2 atom stereocenters. The summed E-state index contributed by atoms with van der Waals surface area (Å²) >= 11 is 0. The quantitative estimate of drug-likeness (QED) is 0.644. The SMILES string of the molecule is CC(CCS(C)=O)Nc1ccc([N+](=O)[O-])c(C(F)(F)F)c1. The highest BCUT2D eigenvalue weighted by Gasteiger charge is 2.38. The first kappa shape index (κ1) is 17.4. The van der Waals surface area contributed by atoms with E-state index >= 15 is 0 Å². The lowest BCUT2D eigenvalue weighted by Gasteiger charge is -2.16. The fourth-order valence-corrected chi connectivity index (χ4v) is 2.40. The Morgan fingerprint density at radius 2 is 2.05 bits per heavy atom. The number of nitrogens with one attached hydrogen (secondary N) is 1. The van der Waals surface area contributed by atoms with Crippen LogP contribution in [0.2, 0.25) is 0 Å². The summed E-state index contributed by atoms with van der Waals surface area (Å²) in [6.07, 6.45) is -2.74. The van der Waals surface area contributed by atoms with Crippen LogP contribution in [0, 0.1) is 10.1 Å². The maximum Gasteiger partial charge on any atom is 0.423 e. The summed E-state index contributed by atoms with van der Waals surface area (Å²) in [6.45, 7) is 1.74. The van der Waals surface area contributed by atoms with Crippen molar-refractivity contribution in [3.05, 3.63) is 33.9 Å². The molecule has 0 aromatic heterocycles. The summed E-state index contributed by atoms with van der Waals surface area (Å²) in [6, 6.07) is 2.58. The molecule has 1 N–H and O–H groups in total. The summed E-state index contributed by atoms with van der Waals surface area (Å²) in [5, 5.41) is 13.4. The third kappa shape index (κ3) is 5.33. The van der Waals surface area contributed by atoms with E-state index < -0.39 is 33.2 Å². The average Bonchev–Trinajstić information content (AvgIpc) is 2.35. The predicted molar refractivity (Wildman–Crippen MR) is 74.7 cm³/mol. The molecule has 118 valence electrons. The van der Waals surface area contributed by atoms with Crippen molar-refractivity contribution in [2.45, 2.75) is 25.6 Å². The first-order chi connectivity index (χ1) is 9.61. The Balaban J connectivity index is 2.95. The van der Waals surface area contributed by atoms with E-state index in [0.717, 1.165) is 12.1 Å². The van der Waals surface area contributed by atoms with E-state index in [2.05, 4.69) is 5.32 Å². The first-order valence-electron chi connectivity index (χ1n) is 6.03. The van der Waals surface area contributed by atoms with Gasteiger partial charge in [0.15, 0.2) is 0 Å². The molecule has 0 fully saturated rings. The Kier molecular flexibility index (Phi) is 5.70. The maximum atomic E-state index is 12.8. The summed E-state index contributed by atoms with van der Waals surface area (Å²) < 4.78 is 49.4. The average molecular weight is 324 g/mol. The van der Waals surface area contributed by atoms with Crippen LogP contribution in [0.5, 0.6) is 0 Å². The van der Waals surface area contributed by atoms with Crippen LogP contribution in [-0.4, -0.2) is 27.2 Å². The lowest BCUT2D eigenvalue weighted by molar-refractivity contribution is -0.388. The van der Waals surface area contributed by atoms with Gasteiger partial charge in [0.25, 0.3) is 5.69 Å². The van der Waals surface area contributed by atoms with Crippen molar-refractivity contribution in [3.8, 4) is 0 Å². The van der Waals surface area contributed by atoms with Crippen LogP contribution in [0.25, 0.3) is 0 Å². The zero-order valence-electron chi connectivity index (χ0n) is 11.4. The van der Waals surface area contributed by atoms with Crippen LogP contribution in [-0.2, 0) is 17.0 Å². The highest BCUT2D eigenvalue weighted by atomic mass is 32.2. The number of nitro groups is 1. The van der Waals surface area contributed by atoms with Crippen molar-refractivity contribution in [2.24, 2.45) is 0 Å². The number of nitrogens with zero attached hydrogens (tertiary/aromatic N) is 1. The fraction of sp³-hybridized carbons (Fsp3) is 0.500. The van der Waals surface area contributed by atoms with Crippen molar-refractivity contribution in [1.29, 1.82) is 0 Å². The van der Waals surface area contributed by atoms with Gasteiger partial charge in [-0.25, -0.2) is 0 Å². The van der Waals surface area contributed by atoms with Crippen molar-refractivity contribution < 1.29 is 22.3 Å². The number of benzene rings is 1. The molecule has 0 aliphatic heterocycles. The number of halogens is 3. The van der Waals surface area contributed by atoms with Gasteiger partial charge in [0.1, 0.15) is 5.56 Å². The van der Waals surface area contributed by atoms with Gasteiger partial charge in [-0.2, -0.15) is 13.2 Å². The summed E-state index contributed by atoms with van der Waals surface area (Å²) in [5.74, 6) is 0.424. The number of hydrogen-bond acceptors (Lipinski definition) is 4. The van der Waals surface area contributed by atoms with Gasteiger partial charge in [-0.05, 0) is 25.5 Å². The second-order valence-corrected chi connectivity index (χ2v) is 6.15. The van der Waals surface area contributed by atoms with Crippen molar-refractivity contribution in [3.63, 3.8) is 0 Å². The number of anilines is 1. The molecule has 0 saturated carbocycles. The zero-order valence-corrected chi connectivity index (χ0v) is 12.3. The van der Waals surface area contributed by atoms with E-state index in [1.165, 1.54) is 6.07 Å². The molecule has 0 aliphatic rings. The van der Waals surface area contributed by atoms with Crippen LogP contribution in [0.4, 0.5) is 24.5 Å². The molecule has 5 nitrogen and oxygen atoms in total. The van der Waals surface area contributed by atoms with Crippen molar-refractivity contribution in [2.75, 3.05) is 17.3 Å². The predicted octanol–water partition coefficient (Wildman–Crippen LogP) is 3.18. The van der Waals surface area contributed by atoms with Crippen LogP contribution in [0.1, 0.15) is 18.9 Å². The Labute approximate surface area is 122 Å². The van der Waals surface area contributed by atoms with E-state index in [-0.39, 0.29) is 11.7 Å². The molecule has 0 saturated heterocycles. The molecule has 2 unspecified atom stereocenters. The highest BCUT2D eigenvalue weighted by molar-refractivity contribution is 7.84. The monoisotopic (exact) mass is 324 g/mol. The second kappa shape index (κ2) is 6.88. The Bertz CT molecular complexity index is 549. The van der Waals surface area contributed by atoms with Gasteiger partial charge in [-0.3, -0.25) is 14.3 Å². The van der Waals surface area contributed by atoms with Crippen LogP contribution < -0.4 is 5.32 Å². The van der Waals surface area contributed by atoms with Gasteiger partial charge in [0.05, 0.1) is 4.92 Å². The molecule has 0 bridgehead atoms. The van der Waals surface area contributed by atoms with Crippen LogP contribution >= 0.6 is 0 Å². The topological polar surface area (TPSA) is 72.2 Å². The van der Waals surface area contributed by atoms with E-state index in [9.17, 15) is 27.5 Å². The third-order valence-electron chi connectivity index (χ3n) is 2.75. The van der Waals surface area contributed by atoms with Gasteiger partial charge in [-0.1, -0.05) is 0 Å². The molecular formula is C12H15F3N2O3S. The molecule has 0 spiro atoms. The molecule has 1 aromatic carbocycles. The van der Waals surface area contributed by atoms with Crippen LogP contribution in [0.15, 0.2) is 18.2 Å². The maximum absolute atomic E-state index is 12.8. The largest absolute Gasteiger partial charge is 0.423 e. The van der Waals surface area contributed by atoms with Crippen LogP contribution in [0.3, 0.4) is 0 Å². The molecule has 1 rings (SSSR count). The van der Waals surface area contributed by atoms with E-state index in [4.69, 9.17) is 0 Å². The summed E-state index contributed by atoms with van der Waals surface area (Å²) in [5.41, 5.74) is -2.12. The molecule has 0 radical (unpaired) electrons. The third-order valence-corrected chi connectivity index (χ3v) is 3.56. The lowest BCUT2D eigenvalue weighted by atomic mass is 10.1. The Morgan fingerprint density at radius 1 is 1.43 bits per heavy atom. The van der Waals surface area contributed by atoms with Gasteiger partial charge in [0.2, 0.25) is 0 Å². The minimum absolute atomic E-state index is 0.141. The molecule has 21 heavy (non-hydrogen) atoms. The normalized spacial score (nSPS) is 14.5. The second-order valence-electron chi connectivity index (χ2n) is 4.60. The molecular weight excluding hydrogens is 309 g/mol. The fourth-order valence-electron chi connectivity index (χ4n) is 1.71.